The van der Waals surface area contributed by atoms with Gasteiger partial charge < -0.3 is 4.90 Å². The van der Waals surface area contributed by atoms with Crippen LogP contribution in [0.3, 0.4) is 0 Å². The van der Waals surface area contributed by atoms with Crippen molar-refractivity contribution in [1.82, 2.24) is 0 Å². The minimum absolute atomic E-state index is 0.216. The summed E-state index contributed by atoms with van der Waals surface area (Å²) in [5.74, 6) is -0.481. The van der Waals surface area contributed by atoms with E-state index in [1.165, 1.54) is 18.2 Å². The lowest BCUT2D eigenvalue weighted by Gasteiger charge is -2.17. The van der Waals surface area contributed by atoms with E-state index in [4.69, 9.17) is 23.2 Å². The molecule has 1 aromatic carbocycles. The summed E-state index contributed by atoms with van der Waals surface area (Å²) in [6.07, 6.45) is -0.377. The van der Waals surface area contributed by atoms with E-state index in [1.807, 2.05) is 0 Å². The molecule has 1 atom stereocenters. The average molecular weight is 312 g/mol. The molecule has 1 amide bonds. The molecule has 18 heavy (non-hydrogen) atoms. The number of benzene rings is 1. The van der Waals surface area contributed by atoms with Gasteiger partial charge in [-0.05, 0) is 18.2 Å². The average Bonchev–Trinajstić information content (AvgIpc) is 2.60. The van der Waals surface area contributed by atoms with Crippen LogP contribution in [0, 0.1) is 0 Å². The molecule has 0 aromatic heterocycles. The third-order valence-corrected chi connectivity index (χ3v) is 4.34. The van der Waals surface area contributed by atoms with Gasteiger partial charge in [-0.1, -0.05) is 23.2 Å². The van der Waals surface area contributed by atoms with Crippen LogP contribution >= 0.6 is 23.2 Å². The predicted octanol–water partition coefficient (Wildman–Crippen LogP) is 2.40. The first-order valence-electron chi connectivity index (χ1n) is 4.98. The van der Waals surface area contributed by atoms with Crippen molar-refractivity contribution in [2.75, 3.05) is 11.4 Å². The van der Waals surface area contributed by atoms with E-state index < -0.39 is 21.4 Å². The third kappa shape index (κ3) is 2.60. The smallest absolute Gasteiger partial charge is 0.307 e. The standard InChI is InChI=1S/C10H8Cl2FNO3S/c11-6-1-2-9(8(12)3-6)14-5-7(4-10(14)15)18(13,16)17/h1-3,7H,4-5H2. The highest BCUT2D eigenvalue weighted by Crippen LogP contribution is 2.33. The number of nitrogens with zero attached hydrogens (tertiary/aromatic N) is 1. The van der Waals surface area contributed by atoms with E-state index >= 15 is 0 Å². The fourth-order valence-electron chi connectivity index (χ4n) is 1.80. The molecule has 98 valence electrons. The maximum absolute atomic E-state index is 12.9. The molecule has 1 saturated heterocycles. The Kier molecular flexibility index (Phi) is 3.53. The number of halogens is 3. The Morgan fingerprint density at radius 3 is 2.50 bits per heavy atom. The zero-order chi connectivity index (χ0) is 13.5. The summed E-state index contributed by atoms with van der Waals surface area (Å²) in [6, 6.07) is 4.45. The lowest BCUT2D eigenvalue weighted by atomic mass is 10.3. The van der Waals surface area contributed by atoms with Crippen molar-refractivity contribution in [2.45, 2.75) is 11.7 Å². The van der Waals surface area contributed by atoms with Gasteiger partial charge in [0.2, 0.25) is 5.91 Å². The first-order valence-corrected chi connectivity index (χ1v) is 7.18. The molecule has 0 aliphatic carbocycles. The molecular formula is C10H8Cl2FNO3S. The van der Waals surface area contributed by atoms with Crippen molar-refractivity contribution in [1.29, 1.82) is 0 Å². The second-order valence-electron chi connectivity index (χ2n) is 3.90. The Bertz CT molecular complexity index is 605. The summed E-state index contributed by atoms with van der Waals surface area (Å²) in [6.45, 7) is -0.237. The minimum Gasteiger partial charge on any atom is -0.309 e. The maximum atomic E-state index is 12.9. The Morgan fingerprint density at radius 2 is 2.00 bits per heavy atom. The van der Waals surface area contributed by atoms with Crippen molar-refractivity contribution < 1.29 is 17.1 Å². The molecule has 1 aliphatic heterocycles. The van der Waals surface area contributed by atoms with Crippen LogP contribution < -0.4 is 4.90 Å². The van der Waals surface area contributed by atoms with Crippen molar-refractivity contribution >= 4 is 45.0 Å². The highest BCUT2D eigenvalue weighted by atomic mass is 35.5. The van der Waals surface area contributed by atoms with Crippen molar-refractivity contribution in [3.63, 3.8) is 0 Å². The Balaban J connectivity index is 2.33. The summed E-state index contributed by atoms with van der Waals surface area (Å²) in [5, 5.41) is -0.727. The fraction of sp³-hybridized carbons (Fsp3) is 0.300. The van der Waals surface area contributed by atoms with Crippen LogP contribution in [0.1, 0.15) is 6.42 Å². The molecule has 0 spiro atoms. The second-order valence-corrected chi connectivity index (χ2v) is 6.36. The van der Waals surface area contributed by atoms with Gasteiger partial charge in [-0.25, -0.2) is 0 Å². The SMILES string of the molecule is O=C1CC(S(=O)(=O)F)CN1c1ccc(Cl)cc1Cl. The number of carbonyl (C=O) groups is 1. The van der Waals surface area contributed by atoms with Crippen molar-refractivity contribution in [3.8, 4) is 0 Å². The molecule has 1 aromatic rings. The van der Waals surface area contributed by atoms with Crippen LogP contribution in [0.25, 0.3) is 0 Å². The molecule has 0 N–H and O–H groups in total. The molecule has 1 aliphatic rings. The van der Waals surface area contributed by atoms with Gasteiger partial charge in [0.1, 0.15) is 5.25 Å². The van der Waals surface area contributed by atoms with E-state index in [9.17, 15) is 17.1 Å². The fourth-order valence-corrected chi connectivity index (χ4v) is 2.98. The summed E-state index contributed by atoms with van der Waals surface area (Å²) < 4.78 is 34.5. The zero-order valence-electron chi connectivity index (χ0n) is 8.94. The third-order valence-electron chi connectivity index (χ3n) is 2.69. The van der Waals surface area contributed by atoms with Crippen LogP contribution in [0.2, 0.25) is 10.0 Å². The molecule has 0 bridgehead atoms. The van der Waals surface area contributed by atoms with Crippen LogP contribution in [-0.4, -0.2) is 26.1 Å². The number of hydrogen-bond donors (Lipinski definition) is 0. The van der Waals surface area contributed by atoms with Gasteiger partial charge in [-0.15, -0.1) is 3.89 Å². The van der Waals surface area contributed by atoms with Gasteiger partial charge in [0.05, 0.1) is 10.7 Å². The molecule has 8 heteroatoms. The first-order chi connectivity index (χ1) is 8.29. The number of rotatable bonds is 2. The minimum atomic E-state index is -4.73. The maximum Gasteiger partial charge on any atom is 0.307 e. The summed E-state index contributed by atoms with van der Waals surface area (Å²) in [4.78, 5) is 12.8. The molecule has 1 fully saturated rings. The summed E-state index contributed by atoms with van der Waals surface area (Å²) in [7, 11) is -4.73. The number of carbonyl (C=O) groups excluding carboxylic acids is 1. The van der Waals surface area contributed by atoms with Crippen molar-refractivity contribution in [2.24, 2.45) is 0 Å². The lowest BCUT2D eigenvalue weighted by molar-refractivity contribution is -0.117. The quantitative estimate of drug-likeness (QED) is 0.788. The zero-order valence-corrected chi connectivity index (χ0v) is 11.3. The number of amides is 1. The van der Waals surface area contributed by atoms with Gasteiger partial charge in [-0.3, -0.25) is 4.79 Å². The van der Waals surface area contributed by atoms with E-state index in [0.29, 0.717) is 10.7 Å². The number of hydrogen-bond acceptors (Lipinski definition) is 3. The van der Waals surface area contributed by atoms with Crippen molar-refractivity contribution in [3.05, 3.63) is 28.2 Å². The van der Waals surface area contributed by atoms with E-state index in [2.05, 4.69) is 0 Å². The Hall–Kier alpha value is -0.850. The van der Waals surface area contributed by atoms with Gasteiger partial charge >= 0.3 is 10.2 Å². The lowest BCUT2D eigenvalue weighted by Crippen LogP contribution is -2.27. The van der Waals surface area contributed by atoms with E-state index in [1.54, 1.807) is 0 Å². The van der Waals surface area contributed by atoms with Crippen LogP contribution in [0.5, 0.6) is 0 Å². The summed E-state index contributed by atoms with van der Waals surface area (Å²) >= 11 is 11.6. The second kappa shape index (κ2) is 4.68. The predicted molar refractivity (Wildman–Crippen MR) is 67.2 cm³/mol. The van der Waals surface area contributed by atoms with Gasteiger partial charge in [0.25, 0.3) is 0 Å². The topological polar surface area (TPSA) is 54.5 Å². The van der Waals surface area contributed by atoms with Gasteiger partial charge in [-0.2, -0.15) is 8.42 Å². The highest BCUT2D eigenvalue weighted by Gasteiger charge is 2.39. The Labute approximate surface area is 113 Å². The highest BCUT2D eigenvalue weighted by molar-refractivity contribution is 7.87. The first kappa shape index (κ1) is 13.6. The molecule has 1 unspecified atom stereocenters. The van der Waals surface area contributed by atoms with Gasteiger partial charge in [0, 0.05) is 18.0 Å². The summed E-state index contributed by atoms with van der Waals surface area (Å²) in [5.41, 5.74) is 0.331. The molecule has 2 rings (SSSR count). The normalized spacial score (nSPS) is 20.5. The largest absolute Gasteiger partial charge is 0.309 e. The van der Waals surface area contributed by atoms with E-state index in [0.717, 1.165) is 4.90 Å². The van der Waals surface area contributed by atoms with Crippen LogP contribution in [0.15, 0.2) is 18.2 Å². The Morgan fingerprint density at radius 1 is 1.33 bits per heavy atom. The van der Waals surface area contributed by atoms with Gasteiger partial charge in [0.15, 0.2) is 0 Å². The monoisotopic (exact) mass is 311 g/mol. The van der Waals surface area contributed by atoms with Crippen LogP contribution in [-0.2, 0) is 15.0 Å². The molecule has 0 radical (unpaired) electrons. The molecular weight excluding hydrogens is 304 g/mol. The van der Waals surface area contributed by atoms with E-state index in [-0.39, 0.29) is 18.0 Å². The molecule has 1 heterocycles. The molecule has 0 saturated carbocycles. The number of anilines is 1. The molecule has 4 nitrogen and oxygen atoms in total. The van der Waals surface area contributed by atoms with Crippen LogP contribution in [0.4, 0.5) is 9.57 Å².